The Morgan fingerprint density at radius 1 is 1.15 bits per heavy atom. The van der Waals surface area contributed by atoms with E-state index in [4.69, 9.17) is 0 Å². The molecule has 0 aromatic heterocycles. The van der Waals surface area contributed by atoms with Crippen LogP contribution in [-0.4, -0.2) is 37.3 Å². The molecule has 0 radical (unpaired) electrons. The molecule has 1 saturated carbocycles. The molecule has 1 amide bonds. The van der Waals surface area contributed by atoms with Crippen LogP contribution in [0.4, 0.5) is 0 Å². The van der Waals surface area contributed by atoms with Gasteiger partial charge < -0.3 is 5.32 Å². The standard InChI is InChI=1S/C20H27N3O3S/c1-16-5-7-18(8-6-16)27(25,26)23-13-9-17(10-14-23)19(24)22-20(15-21)11-3-2-4-12-20/h5-8,17H,2-4,9-14H2,1H3,(H,22,24). The van der Waals surface area contributed by atoms with E-state index in [1.54, 1.807) is 24.3 Å². The Kier molecular flexibility index (Phi) is 5.87. The van der Waals surface area contributed by atoms with E-state index in [-0.39, 0.29) is 11.8 Å². The molecule has 1 aliphatic carbocycles. The summed E-state index contributed by atoms with van der Waals surface area (Å²) in [6.45, 7) is 2.57. The SMILES string of the molecule is Cc1ccc(S(=O)(=O)N2CCC(C(=O)NC3(C#N)CCCCC3)CC2)cc1. The van der Waals surface area contributed by atoms with Crippen molar-refractivity contribution in [2.75, 3.05) is 13.1 Å². The highest BCUT2D eigenvalue weighted by atomic mass is 32.2. The molecule has 1 heterocycles. The second kappa shape index (κ2) is 7.99. The molecule has 2 fully saturated rings. The number of aryl methyl sites for hydroxylation is 1. The fourth-order valence-electron chi connectivity index (χ4n) is 3.98. The van der Waals surface area contributed by atoms with E-state index < -0.39 is 15.6 Å². The molecule has 6 nitrogen and oxygen atoms in total. The van der Waals surface area contributed by atoms with Crippen LogP contribution in [0.25, 0.3) is 0 Å². The van der Waals surface area contributed by atoms with Gasteiger partial charge in [0, 0.05) is 19.0 Å². The van der Waals surface area contributed by atoms with Crippen LogP contribution in [0.15, 0.2) is 29.2 Å². The second-order valence-corrected chi connectivity index (χ2v) is 9.67. The van der Waals surface area contributed by atoms with Crippen molar-refractivity contribution in [1.82, 2.24) is 9.62 Å². The summed E-state index contributed by atoms with van der Waals surface area (Å²) in [5.74, 6) is -0.340. The lowest BCUT2D eigenvalue weighted by Gasteiger charge is -2.35. The average Bonchev–Trinajstić information content (AvgIpc) is 2.69. The van der Waals surface area contributed by atoms with Crippen LogP contribution in [0.1, 0.15) is 50.5 Å². The number of carbonyl (C=O) groups is 1. The molecule has 2 aliphatic rings. The maximum absolute atomic E-state index is 12.8. The third-order valence-electron chi connectivity index (χ3n) is 5.77. The number of nitrogens with zero attached hydrogens (tertiary/aromatic N) is 2. The highest BCUT2D eigenvalue weighted by Crippen LogP contribution is 2.29. The van der Waals surface area contributed by atoms with Gasteiger partial charge in [-0.3, -0.25) is 4.79 Å². The van der Waals surface area contributed by atoms with Gasteiger partial charge in [-0.2, -0.15) is 9.57 Å². The highest BCUT2D eigenvalue weighted by molar-refractivity contribution is 7.89. The summed E-state index contributed by atoms with van der Waals surface area (Å²) in [6.07, 6.45) is 5.40. The minimum atomic E-state index is -3.52. The minimum Gasteiger partial charge on any atom is -0.338 e. The number of nitrogens with one attached hydrogen (secondary N) is 1. The monoisotopic (exact) mass is 389 g/mol. The number of hydrogen-bond acceptors (Lipinski definition) is 4. The Morgan fingerprint density at radius 2 is 1.74 bits per heavy atom. The molecule has 0 atom stereocenters. The number of rotatable bonds is 4. The molecule has 0 bridgehead atoms. The third kappa shape index (κ3) is 4.33. The number of sulfonamides is 1. The predicted molar refractivity (Wildman–Crippen MR) is 102 cm³/mol. The Morgan fingerprint density at radius 3 is 2.30 bits per heavy atom. The first-order valence-corrected chi connectivity index (χ1v) is 11.1. The number of hydrogen-bond donors (Lipinski definition) is 1. The third-order valence-corrected chi connectivity index (χ3v) is 7.68. The summed E-state index contributed by atoms with van der Waals surface area (Å²) in [6, 6.07) is 9.15. The molecule has 1 aromatic carbocycles. The highest BCUT2D eigenvalue weighted by Gasteiger charge is 2.37. The van der Waals surface area contributed by atoms with Gasteiger partial charge in [-0.1, -0.05) is 37.0 Å². The lowest BCUT2D eigenvalue weighted by molar-refractivity contribution is -0.127. The van der Waals surface area contributed by atoms with Crippen molar-refractivity contribution in [2.45, 2.75) is 62.3 Å². The Hall–Kier alpha value is -1.91. The van der Waals surface area contributed by atoms with Crippen molar-refractivity contribution in [3.8, 4) is 6.07 Å². The topological polar surface area (TPSA) is 90.3 Å². The van der Waals surface area contributed by atoms with E-state index in [1.165, 1.54) is 4.31 Å². The average molecular weight is 390 g/mol. The summed E-state index contributed by atoms with van der Waals surface area (Å²) in [5.41, 5.74) is 0.277. The summed E-state index contributed by atoms with van der Waals surface area (Å²) in [7, 11) is -3.52. The van der Waals surface area contributed by atoms with Crippen LogP contribution < -0.4 is 5.32 Å². The van der Waals surface area contributed by atoms with Crippen LogP contribution in [0, 0.1) is 24.2 Å². The molecule has 1 aromatic rings. The lowest BCUT2D eigenvalue weighted by atomic mass is 9.82. The smallest absolute Gasteiger partial charge is 0.243 e. The van der Waals surface area contributed by atoms with Gasteiger partial charge in [0.1, 0.15) is 5.54 Å². The zero-order valence-corrected chi connectivity index (χ0v) is 16.6. The Balaban J connectivity index is 1.60. The van der Waals surface area contributed by atoms with Crippen LogP contribution in [0.5, 0.6) is 0 Å². The van der Waals surface area contributed by atoms with Gasteiger partial charge in [0.15, 0.2) is 0 Å². The van der Waals surface area contributed by atoms with Crippen molar-refractivity contribution in [3.05, 3.63) is 29.8 Å². The van der Waals surface area contributed by atoms with E-state index in [0.29, 0.717) is 43.7 Å². The van der Waals surface area contributed by atoms with E-state index in [1.807, 2.05) is 6.92 Å². The summed E-state index contributed by atoms with van der Waals surface area (Å²) in [5, 5.41) is 12.5. The second-order valence-electron chi connectivity index (χ2n) is 7.74. The summed E-state index contributed by atoms with van der Waals surface area (Å²) in [4.78, 5) is 13.0. The zero-order chi connectivity index (χ0) is 19.5. The quantitative estimate of drug-likeness (QED) is 0.857. The van der Waals surface area contributed by atoms with Crippen LogP contribution >= 0.6 is 0 Å². The minimum absolute atomic E-state index is 0.106. The van der Waals surface area contributed by atoms with Crippen LogP contribution in [0.3, 0.4) is 0 Å². The molecule has 0 spiro atoms. The first-order valence-electron chi connectivity index (χ1n) is 9.66. The molecule has 1 saturated heterocycles. The van der Waals surface area contributed by atoms with Gasteiger partial charge >= 0.3 is 0 Å². The zero-order valence-electron chi connectivity index (χ0n) is 15.8. The van der Waals surface area contributed by atoms with Crippen molar-refractivity contribution in [3.63, 3.8) is 0 Å². The fourth-order valence-corrected chi connectivity index (χ4v) is 5.45. The summed E-state index contributed by atoms with van der Waals surface area (Å²) >= 11 is 0. The number of benzene rings is 1. The normalized spacial score (nSPS) is 21.3. The van der Waals surface area contributed by atoms with Crippen molar-refractivity contribution < 1.29 is 13.2 Å². The van der Waals surface area contributed by atoms with E-state index >= 15 is 0 Å². The molecule has 146 valence electrons. The number of piperidine rings is 1. The lowest BCUT2D eigenvalue weighted by Crippen LogP contribution is -2.52. The van der Waals surface area contributed by atoms with Gasteiger partial charge in [0.05, 0.1) is 11.0 Å². The maximum atomic E-state index is 12.8. The number of nitriles is 1. The first kappa shape index (κ1) is 19.8. The van der Waals surface area contributed by atoms with Gasteiger partial charge in [-0.05, 0) is 44.7 Å². The van der Waals surface area contributed by atoms with Gasteiger partial charge in [0.25, 0.3) is 0 Å². The molecule has 27 heavy (non-hydrogen) atoms. The van der Waals surface area contributed by atoms with Crippen LogP contribution in [0.2, 0.25) is 0 Å². The van der Waals surface area contributed by atoms with E-state index in [9.17, 15) is 18.5 Å². The van der Waals surface area contributed by atoms with E-state index in [2.05, 4.69) is 11.4 Å². The Labute approximate surface area is 161 Å². The van der Waals surface area contributed by atoms with Gasteiger partial charge in [-0.15, -0.1) is 0 Å². The molecule has 1 aliphatic heterocycles. The van der Waals surface area contributed by atoms with Gasteiger partial charge in [-0.25, -0.2) is 8.42 Å². The van der Waals surface area contributed by atoms with Crippen molar-refractivity contribution >= 4 is 15.9 Å². The number of carbonyl (C=O) groups excluding carboxylic acids is 1. The first-order chi connectivity index (χ1) is 12.9. The molecule has 1 N–H and O–H groups in total. The summed E-state index contributed by atoms with van der Waals surface area (Å²) < 4.78 is 27.0. The maximum Gasteiger partial charge on any atom is 0.243 e. The largest absolute Gasteiger partial charge is 0.338 e. The fraction of sp³-hybridized carbons (Fsp3) is 0.600. The van der Waals surface area contributed by atoms with Crippen LogP contribution in [-0.2, 0) is 14.8 Å². The molecule has 0 unspecified atom stereocenters. The van der Waals surface area contributed by atoms with Crippen molar-refractivity contribution in [2.24, 2.45) is 5.92 Å². The predicted octanol–water partition coefficient (Wildman–Crippen LogP) is 2.74. The molecular weight excluding hydrogens is 362 g/mol. The van der Waals surface area contributed by atoms with E-state index in [0.717, 1.165) is 24.8 Å². The molecule has 7 heteroatoms. The molecule has 3 rings (SSSR count). The number of amides is 1. The molecular formula is C20H27N3O3S. The Bertz CT molecular complexity index is 813. The van der Waals surface area contributed by atoms with Crippen molar-refractivity contribution in [1.29, 1.82) is 5.26 Å². The van der Waals surface area contributed by atoms with Gasteiger partial charge in [0.2, 0.25) is 15.9 Å².